The third-order valence-electron chi connectivity index (χ3n) is 4.88. The highest BCUT2D eigenvalue weighted by Gasteiger charge is 2.21. The fourth-order valence-electron chi connectivity index (χ4n) is 3.42. The molecule has 1 N–H and O–H groups in total. The second-order valence-electron chi connectivity index (χ2n) is 7.15. The Kier molecular flexibility index (Phi) is 6.83. The van der Waals surface area contributed by atoms with Gasteiger partial charge in [-0.05, 0) is 44.2 Å². The van der Waals surface area contributed by atoms with Crippen LogP contribution in [0.25, 0.3) is 0 Å². The second-order valence-corrected chi connectivity index (χ2v) is 9.06. The summed E-state index contributed by atoms with van der Waals surface area (Å²) in [7, 11) is -3.48. The highest BCUT2D eigenvalue weighted by atomic mass is 32.2. The maximum absolute atomic E-state index is 12.3. The first-order valence-corrected chi connectivity index (χ1v) is 11.6. The molecule has 7 nitrogen and oxygen atoms in total. The van der Waals surface area contributed by atoms with Crippen molar-refractivity contribution < 1.29 is 22.7 Å². The zero-order chi connectivity index (χ0) is 20.0. The van der Waals surface area contributed by atoms with Crippen LogP contribution in [0.1, 0.15) is 38.5 Å². The molecule has 154 valence electrons. The van der Waals surface area contributed by atoms with Crippen molar-refractivity contribution >= 4 is 21.6 Å². The van der Waals surface area contributed by atoms with Crippen LogP contribution in [-0.4, -0.2) is 46.9 Å². The minimum Gasteiger partial charge on any atom is -0.486 e. The Hall–Kier alpha value is -2.22. The summed E-state index contributed by atoms with van der Waals surface area (Å²) in [5.74, 6) is 1.10. The predicted molar refractivity (Wildman–Crippen MR) is 108 cm³/mol. The number of rotatable bonds is 8. The lowest BCUT2D eigenvalue weighted by atomic mass is 10.00. The first kappa shape index (κ1) is 20.5. The molecule has 0 unspecified atom stereocenters. The second kappa shape index (κ2) is 9.32. The molecule has 1 aromatic carbocycles. The van der Waals surface area contributed by atoms with Gasteiger partial charge in [0.2, 0.25) is 15.9 Å². The van der Waals surface area contributed by atoms with Gasteiger partial charge in [0.15, 0.2) is 11.5 Å². The van der Waals surface area contributed by atoms with Crippen LogP contribution >= 0.6 is 0 Å². The van der Waals surface area contributed by atoms with Gasteiger partial charge in [-0.15, -0.1) is 0 Å². The quantitative estimate of drug-likeness (QED) is 0.669. The van der Waals surface area contributed by atoms with Crippen LogP contribution in [0.5, 0.6) is 11.5 Å². The van der Waals surface area contributed by atoms with Crippen molar-refractivity contribution in [1.82, 2.24) is 5.32 Å². The van der Waals surface area contributed by atoms with E-state index >= 15 is 0 Å². The van der Waals surface area contributed by atoms with E-state index < -0.39 is 10.0 Å². The van der Waals surface area contributed by atoms with E-state index in [0.717, 1.165) is 12.8 Å². The van der Waals surface area contributed by atoms with Gasteiger partial charge in [-0.25, -0.2) is 8.42 Å². The van der Waals surface area contributed by atoms with Crippen LogP contribution < -0.4 is 19.1 Å². The van der Waals surface area contributed by atoms with Crippen LogP contribution in [-0.2, 0) is 14.8 Å². The van der Waals surface area contributed by atoms with Gasteiger partial charge in [-0.2, -0.15) is 0 Å². The fraction of sp³-hybridized carbons (Fsp3) is 0.550. The zero-order valence-corrected chi connectivity index (χ0v) is 17.1. The summed E-state index contributed by atoms with van der Waals surface area (Å²) in [6.45, 7) is 1.74. The molecular formula is C20H28N2O5S. The van der Waals surface area contributed by atoms with Crippen molar-refractivity contribution in [3.05, 3.63) is 29.8 Å². The number of fused-ring (bicyclic) bond motifs is 1. The number of benzene rings is 1. The van der Waals surface area contributed by atoms with E-state index in [4.69, 9.17) is 9.47 Å². The Labute approximate surface area is 166 Å². The Morgan fingerprint density at radius 2 is 1.96 bits per heavy atom. The van der Waals surface area contributed by atoms with Crippen molar-refractivity contribution in [1.29, 1.82) is 0 Å². The predicted octanol–water partition coefficient (Wildman–Crippen LogP) is 2.62. The lowest BCUT2D eigenvalue weighted by molar-refractivity contribution is -0.120. The van der Waals surface area contributed by atoms with E-state index in [9.17, 15) is 13.2 Å². The number of allylic oxidation sites excluding steroid dienone is 1. The molecule has 0 saturated heterocycles. The molecule has 1 heterocycles. The van der Waals surface area contributed by atoms with E-state index in [-0.39, 0.29) is 18.9 Å². The maximum atomic E-state index is 12.3. The molecule has 0 bridgehead atoms. The van der Waals surface area contributed by atoms with Gasteiger partial charge in [0, 0.05) is 25.6 Å². The molecule has 0 atom stereocenters. The van der Waals surface area contributed by atoms with Gasteiger partial charge in [0.1, 0.15) is 13.2 Å². The molecule has 0 saturated carbocycles. The van der Waals surface area contributed by atoms with Crippen LogP contribution in [0.15, 0.2) is 29.8 Å². The molecule has 2 aliphatic rings. The van der Waals surface area contributed by atoms with Crippen molar-refractivity contribution in [2.45, 2.75) is 38.5 Å². The summed E-state index contributed by atoms with van der Waals surface area (Å²) in [4.78, 5) is 12.1. The zero-order valence-electron chi connectivity index (χ0n) is 16.3. The Balaban J connectivity index is 1.55. The SMILES string of the molecule is CS(=O)(=O)N(CCCC(=O)NCC1=CCCCC1)c1ccc2c(c1)OCCO2. The molecule has 1 aliphatic carbocycles. The molecule has 0 radical (unpaired) electrons. The summed E-state index contributed by atoms with van der Waals surface area (Å²) in [5, 5.41) is 2.93. The summed E-state index contributed by atoms with van der Waals surface area (Å²) >= 11 is 0. The molecule has 1 amide bonds. The third-order valence-corrected chi connectivity index (χ3v) is 6.07. The Morgan fingerprint density at radius 3 is 2.68 bits per heavy atom. The first-order chi connectivity index (χ1) is 13.4. The van der Waals surface area contributed by atoms with Gasteiger partial charge < -0.3 is 14.8 Å². The molecule has 0 aromatic heterocycles. The van der Waals surface area contributed by atoms with Gasteiger partial charge in [-0.1, -0.05) is 11.6 Å². The molecule has 0 spiro atoms. The highest BCUT2D eigenvalue weighted by Crippen LogP contribution is 2.34. The van der Waals surface area contributed by atoms with E-state index in [0.29, 0.717) is 43.4 Å². The number of anilines is 1. The average molecular weight is 409 g/mol. The minimum atomic E-state index is -3.48. The minimum absolute atomic E-state index is 0.0536. The average Bonchev–Trinajstić information content (AvgIpc) is 2.69. The van der Waals surface area contributed by atoms with Crippen molar-refractivity contribution in [2.24, 2.45) is 0 Å². The van der Waals surface area contributed by atoms with E-state index in [2.05, 4.69) is 11.4 Å². The summed E-state index contributed by atoms with van der Waals surface area (Å²) in [5.41, 5.74) is 1.80. The van der Waals surface area contributed by atoms with Gasteiger partial charge in [-0.3, -0.25) is 9.10 Å². The Bertz CT molecular complexity index is 835. The molecule has 3 rings (SSSR count). The lowest BCUT2D eigenvalue weighted by Crippen LogP contribution is -2.32. The van der Waals surface area contributed by atoms with E-state index in [1.165, 1.54) is 29.0 Å². The van der Waals surface area contributed by atoms with Crippen LogP contribution in [0.2, 0.25) is 0 Å². The lowest BCUT2D eigenvalue weighted by Gasteiger charge is -2.25. The summed E-state index contributed by atoms with van der Waals surface area (Å²) in [6.07, 6.45) is 8.63. The number of amides is 1. The Morgan fingerprint density at radius 1 is 1.18 bits per heavy atom. The van der Waals surface area contributed by atoms with Gasteiger partial charge in [0.25, 0.3) is 0 Å². The molecular weight excluding hydrogens is 380 g/mol. The van der Waals surface area contributed by atoms with Gasteiger partial charge >= 0.3 is 0 Å². The van der Waals surface area contributed by atoms with Crippen LogP contribution in [0.3, 0.4) is 0 Å². The number of nitrogens with one attached hydrogen (secondary N) is 1. The number of ether oxygens (including phenoxy) is 2. The largest absolute Gasteiger partial charge is 0.486 e. The van der Waals surface area contributed by atoms with E-state index in [1.54, 1.807) is 18.2 Å². The van der Waals surface area contributed by atoms with Crippen molar-refractivity contribution in [3.8, 4) is 11.5 Å². The topological polar surface area (TPSA) is 84.9 Å². The van der Waals surface area contributed by atoms with Crippen molar-refractivity contribution in [3.63, 3.8) is 0 Å². The molecule has 28 heavy (non-hydrogen) atoms. The molecule has 8 heteroatoms. The first-order valence-electron chi connectivity index (χ1n) is 9.75. The fourth-order valence-corrected chi connectivity index (χ4v) is 4.38. The maximum Gasteiger partial charge on any atom is 0.232 e. The molecule has 1 aromatic rings. The third kappa shape index (κ3) is 5.64. The van der Waals surface area contributed by atoms with Crippen molar-refractivity contribution in [2.75, 3.05) is 36.9 Å². The number of carbonyl (C=O) groups excluding carboxylic acids is 1. The normalized spacial score (nSPS) is 16.2. The number of hydrogen-bond donors (Lipinski definition) is 1. The van der Waals surface area contributed by atoms with Crippen LogP contribution in [0.4, 0.5) is 5.69 Å². The number of hydrogen-bond acceptors (Lipinski definition) is 5. The standard InChI is InChI=1S/C20H28N2O5S/c1-28(24,25)22(17-9-10-18-19(14-17)27-13-12-26-18)11-5-8-20(23)21-15-16-6-3-2-4-7-16/h6,9-10,14H,2-5,7-8,11-13,15H2,1H3,(H,21,23). The number of sulfonamides is 1. The summed E-state index contributed by atoms with van der Waals surface area (Å²) in [6, 6.07) is 5.09. The smallest absolute Gasteiger partial charge is 0.232 e. The highest BCUT2D eigenvalue weighted by molar-refractivity contribution is 7.92. The monoisotopic (exact) mass is 408 g/mol. The van der Waals surface area contributed by atoms with Crippen LogP contribution in [0, 0.1) is 0 Å². The number of nitrogens with zero attached hydrogens (tertiary/aromatic N) is 1. The molecule has 1 aliphatic heterocycles. The number of carbonyl (C=O) groups is 1. The van der Waals surface area contributed by atoms with E-state index in [1.807, 2.05) is 0 Å². The van der Waals surface area contributed by atoms with Gasteiger partial charge in [0.05, 0.1) is 11.9 Å². The molecule has 0 fully saturated rings. The summed E-state index contributed by atoms with van der Waals surface area (Å²) < 4.78 is 36.8.